The molecule has 1 spiro atoms. The number of fused-ring (bicyclic) bond motifs is 4. The van der Waals surface area contributed by atoms with Crippen LogP contribution in [0.25, 0.3) is 21.8 Å². The van der Waals surface area contributed by atoms with Crippen molar-refractivity contribution in [3.8, 4) is 5.75 Å². The first-order valence-electron chi connectivity index (χ1n) is 46.2. The number of carbonyl (C=O) groups is 17. The number of unbranched alkanes of at least 4 members (excludes halogenated alkanes) is 2. The number of hydrogen-bond donors (Lipinski definition) is 15. The summed E-state index contributed by atoms with van der Waals surface area (Å²) in [6, 6.07) is 1.09. The molecule has 16 amide bonds. The molecule has 2 aromatic heterocycles. The Labute approximate surface area is 772 Å². The van der Waals surface area contributed by atoms with Crippen molar-refractivity contribution >= 4 is 122 Å². The maximum atomic E-state index is 15.9. The van der Waals surface area contributed by atoms with Gasteiger partial charge >= 0.3 is 5.97 Å². The fourth-order valence-electron chi connectivity index (χ4n) is 18.7. The van der Waals surface area contributed by atoms with Crippen LogP contribution in [-0.2, 0) is 107 Å². The van der Waals surface area contributed by atoms with Gasteiger partial charge in [0, 0.05) is 107 Å². The fraction of sp³-hybridized carbons (Fsp3) is 0.581. The van der Waals surface area contributed by atoms with Gasteiger partial charge < -0.3 is 114 Å². The Kier molecular flexibility index (Phi) is 36.0. The summed E-state index contributed by atoms with van der Waals surface area (Å²) >= 11 is 0. The molecule has 3 aromatic carbocycles. The first-order valence-corrected chi connectivity index (χ1v) is 46.2. The number of hydrogen-bond acceptors (Lipinski definition) is 21. The summed E-state index contributed by atoms with van der Waals surface area (Å²) in [7, 11) is 4.21. The Bertz CT molecular complexity index is 5080. The van der Waals surface area contributed by atoms with Gasteiger partial charge in [-0.15, -0.1) is 0 Å². The number of nitrogens with one attached hydrogen (secondary N) is 9. The van der Waals surface area contributed by atoms with Crippen LogP contribution in [0.4, 0.5) is 0 Å². The molecule has 5 fully saturated rings. The highest BCUT2D eigenvalue weighted by Crippen LogP contribution is 2.48. The van der Waals surface area contributed by atoms with Crippen LogP contribution in [0, 0.1) is 11.8 Å². The number of aliphatic hydroxyl groups excluding tert-OH is 1. The number of nitrogens with zero attached hydrogens (tertiary/aromatic N) is 7. The van der Waals surface area contributed by atoms with Gasteiger partial charge in [0.2, 0.25) is 88.6 Å². The number of ether oxygens (including phenoxy) is 1. The van der Waals surface area contributed by atoms with Gasteiger partial charge in [0.05, 0.1) is 19.6 Å². The SMILES string of the molecule is CCCC[C@H]1C(=O)N(C)[C@@H](CCCC)C(=O)N[C@@H](CC(C)C)C(=O)N[C@H](C(N)=O)CCCC(=O)N[C@@H](Cc2ccc(OC)cc2)C(=O)N2CCCC[C@@]23C(=O)N3[C@@H](CC(N)=O)C(=O)N2CCC[C@H]2C(=O)N[C@@H](CN)C(=O)N[C@@H](CC(C)C)C(=O)N2C[C@H](O)C[C@H]2C(=O)N[C@@H](Cc2c[nH]c3ccccc23)C(=O)N[C@@H](CCN)C(=O)N[C@@H](Cc2cn(CC(=O)O)c3ccccc23)C(=O)N1C. The van der Waals surface area contributed by atoms with Crippen molar-refractivity contribution in [3.05, 3.63) is 102 Å². The van der Waals surface area contributed by atoms with Gasteiger partial charge in [-0.2, -0.15) is 0 Å². The summed E-state index contributed by atoms with van der Waals surface area (Å²) in [5.74, 6) is -15.2. The van der Waals surface area contributed by atoms with Crippen LogP contribution < -0.4 is 70.2 Å². The molecular weight excluding hydrogens is 1720 g/mol. The van der Waals surface area contributed by atoms with Gasteiger partial charge in [-0.1, -0.05) is 116 Å². The molecule has 0 radical (unpaired) electrons. The number of para-hydroxylation sites is 2. The molecular formula is C93H132N20O20. The Morgan fingerprint density at radius 2 is 1.14 bits per heavy atom. The van der Waals surface area contributed by atoms with Crippen molar-refractivity contribution in [1.29, 1.82) is 0 Å². The Hall–Kier alpha value is -12.6. The number of primary amides is 2. The van der Waals surface area contributed by atoms with Gasteiger partial charge in [0.15, 0.2) is 5.66 Å². The maximum absolute atomic E-state index is 15.9. The van der Waals surface area contributed by atoms with Gasteiger partial charge in [0.25, 0.3) is 5.91 Å². The van der Waals surface area contributed by atoms with Crippen molar-refractivity contribution < 1.29 is 96.5 Å². The number of nitrogens with two attached hydrogens (primary N) is 4. The van der Waals surface area contributed by atoms with Crippen LogP contribution in [0.15, 0.2) is 85.2 Å². The third kappa shape index (κ3) is 25.2. The lowest BCUT2D eigenvalue weighted by Gasteiger charge is -2.39. The number of carboxylic acids is 1. The first kappa shape index (κ1) is 103. The van der Waals surface area contributed by atoms with E-state index in [-0.39, 0.29) is 128 Å². The normalized spacial score (nSPS) is 26.4. The smallest absolute Gasteiger partial charge is 0.323 e. The number of likely N-dealkylation sites (N-methyl/N-ethyl adjacent to an activating group) is 2. The van der Waals surface area contributed by atoms with Gasteiger partial charge in [-0.3, -0.25) is 86.4 Å². The molecule has 5 aromatic rings. The van der Waals surface area contributed by atoms with E-state index in [1.807, 2.05) is 13.8 Å². The predicted octanol–water partition coefficient (Wildman–Crippen LogP) is -0.0268. The van der Waals surface area contributed by atoms with Gasteiger partial charge in [-0.05, 0) is 136 Å². The highest BCUT2D eigenvalue weighted by molar-refractivity contribution is 6.10. The number of aliphatic carboxylic acids is 1. The molecule has 5 aliphatic heterocycles. The van der Waals surface area contributed by atoms with Crippen molar-refractivity contribution in [2.45, 2.75) is 280 Å². The molecule has 40 heteroatoms. The number of rotatable bonds is 25. The number of aromatic amines is 1. The zero-order valence-corrected chi connectivity index (χ0v) is 77.3. The van der Waals surface area contributed by atoms with Crippen molar-refractivity contribution in [2.24, 2.45) is 34.8 Å². The van der Waals surface area contributed by atoms with Crippen molar-refractivity contribution in [3.63, 3.8) is 0 Å². The second-order valence-electron chi connectivity index (χ2n) is 36.4. The monoisotopic (exact) mass is 1850 g/mol. The van der Waals surface area contributed by atoms with Crippen LogP contribution in [0.1, 0.15) is 180 Å². The number of aromatic nitrogens is 2. The molecule has 0 aliphatic carbocycles. The van der Waals surface area contributed by atoms with E-state index in [1.165, 1.54) is 41.8 Å². The Balaban J connectivity index is 1.02. The molecule has 15 atom stereocenters. The van der Waals surface area contributed by atoms with Crippen LogP contribution >= 0.6 is 0 Å². The predicted molar refractivity (Wildman–Crippen MR) is 488 cm³/mol. The van der Waals surface area contributed by atoms with E-state index in [9.17, 15) is 48.6 Å². The van der Waals surface area contributed by atoms with Crippen LogP contribution in [0.2, 0.25) is 0 Å². The number of H-pyrrole nitrogens is 1. The molecule has 10 rings (SSSR count). The number of piperidine rings is 1. The lowest BCUT2D eigenvalue weighted by molar-refractivity contribution is -0.149. The van der Waals surface area contributed by atoms with E-state index < -0.39 is 217 Å². The highest BCUT2D eigenvalue weighted by Gasteiger charge is 2.72. The highest BCUT2D eigenvalue weighted by atomic mass is 16.5. The van der Waals surface area contributed by atoms with E-state index in [0.29, 0.717) is 82.8 Å². The lowest BCUT2D eigenvalue weighted by Crippen LogP contribution is -2.61. The number of aliphatic hydroxyl groups is 1. The van der Waals surface area contributed by atoms with Crippen molar-refractivity contribution in [1.82, 2.24) is 81.5 Å². The summed E-state index contributed by atoms with van der Waals surface area (Å²) in [5, 5.41) is 44.8. The summed E-state index contributed by atoms with van der Waals surface area (Å²) in [6.45, 7) is 8.87. The summed E-state index contributed by atoms with van der Waals surface area (Å²) in [6.07, 6.45) is 1.49. The molecule has 0 saturated carbocycles. The van der Waals surface area contributed by atoms with Crippen molar-refractivity contribution in [2.75, 3.05) is 53.9 Å². The standard InChI is InChI=1S/C93H132N20O20/c1-10-12-26-71-84(124)102-64(40-52(3)4)81(121)100-62(79(97)119)25-20-30-77(116)99-67(42-54-31-33-58(133-9)34-32-54)89(129)112-39-19-18-36-93(112)92(132)113(93)75(46-76(96)115)91(131)110-38-21-29-72(110)85(125)106-69(47-95)83(123)104-66(41-53(5)6)88(128)111-50-57(114)45-74(111)86(126)103-65(43-55-48-98-61-24-16-14-22-59(55)61)82(122)101-63(35-37-94)80(120)105-68(87(127)108(8)73(27-13-11-2)90(130)107(71)7)44-56-49-109(51-78(117)118)70-28-17-15-23-60(56)70/h14-17,22-24,28,31-34,48-49,52-53,57,62-69,71-75,98,114H,10-13,18-21,25-27,29-30,35-47,50-51,94-95H2,1-9H3,(H2,96,115)(H2,97,119)(H,99,116)(H,100,121)(H,101,122)(H,102,124)(H,103,126)(H,104,123)(H,105,120)(H,106,125)(H,117,118)/t57-,62+,63+,64+,65+,66+,67+,68+,69+,71+,72+,73+,74+,75+,93-,113?/m1/s1. The fourth-order valence-corrected chi connectivity index (χ4v) is 18.7. The number of amides is 16. The summed E-state index contributed by atoms with van der Waals surface area (Å²) in [5.41, 5.74) is 25.1. The van der Waals surface area contributed by atoms with Crippen LogP contribution in [0.3, 0.4) is 0 Å². The minimum absolute atomic E-state index is 0.00332. The second-order valence-corrected chi connectivity index (χ2v) is 36.4. The molecule has 0 unspecified atom stereocenters. The summed E-state index contributed by atoms with van der Waals surface area (Å²) in [4.78, 5) is 262. The molecule has 40 nitrogen and oxygen atoms in total. The number of carbonyl (C=O) groups excluding carboxylic acids is 16. The van der Waals surface area contributed by atoms with Gasteiger partial charge in [-0.25, -0.2) is 0 Å². The molecule has 724 valence electrons. The molecule has 0 bridgehead atoms. The third-order valence-electron chi connectivity index (χ3n) is 25.7. The van der Waals surface area contributed by atoms with E-state index in [1.54, 1.807) is 107 Å². The average Bonchev–Trinajstić information content (AvgIpc) is 1.52. The number of benzene rings is 3. The lowest BCUT2D eigenvalue weighted by atomic mass is 9.97. The quantitative estimate of drug-likeness (QED) is 0.0341. The topological polar surface area (TPSA) is 580 Å². The van der Waals surface area contributed by atoms with Crippen LogP contribution in [-0.4, -0.2) is 294 Å². The molecule has 19 N–H and O–H groups in total. The zero-order chi connectivity index (χ0) is 97.0. The maximum Gasteiger partial charge on any atom is 0.323 e. The second kappa shape index (κ2) is 46.7. The zero-order valence-electron chi connectivity index (χ0n) is 77.3. The molecule has 133 heavy (non-hydrogen) atoms. The Morgan fingerprint density at radius 1 is 0.549 bits per heavy atom. The molecule has 5 saturated heterocycles. The van der Waals surface area contributed by atoms with Gasteiger partial charge in [0.1, 0.15) is 90.8 Å². The van der Waals surface area contributed by atoms with E-state index in [4.69, 9.17) is 27.7 Å². The minimum Gasteiger partial charge on any atom is -0.497 e. The largest absolute Gasteiger partial charge is 0.497 e. The third-order valence-corrected chi connectivity index (χ3v) is 25.7. The first-order chi connectivity index (χ1) is 63.4. The number of carboxylic acid groups (broad SMARTS) is 1. The average molecular weight is 1850 g/mol. The molecule has 7 heterocycles. The molecule has 5 aliphatic rings. The van der Waals surface area contributed by atoms with Crippen LogP contribution in [0.5, 0.6) is 5.75 Å². The minimum atomic E-state index is -1.86. The van der Waals surface area contributed by atoms with E-state index in [2.05, 4.69) is 47.5 Å². The summed E-state index contributed by atoms with van der Waals surface area (Å²) < 4.78 is 6.85. The van der Waals surface area contributed by atoms with E-state index in [0.717, 1.165) is 19.6 Å². The Morgan fingerprint density at radius 3 is 1.79 bits per heavy atom. The van der Waals surface area contributed by atoms with E-state index >= 15 is 43.2 Å². The number of methoxy groups -OCH3 is 1.